The van der Waals surface area contributed by atoms with E-state index in [0.29, 0.717) is 18.5 Å². The smallest absolute Gasteiger partial charge is 0.487 e. The van der Waals surface area contributed by atoms with Crippen LogP contribution in [0.5, 0.6) is 5.75 Å². The SMILES string of the molecule is CCCC1=C2B(O)O[C@H](c3cc(C)c(O)c(C)c3)C[C@H]2[C@H]2C(=O)N(c3ccc(Nc4ccccc4)cc3)C(=O)[C@H]2C1. The number of benzene rings is 3. The number of aryl methyl sites for hydroxylation is 2. The molecule has 41 heavy (non-hydrogen) atoms. The lowest BCUT2D eigenvalue weighted by Gasteiger charge is -2.42. The van der Waals surface area contributed by atoms with Crippen LogP contribution in [0.15, 0.2) is 77.8 Å². The number of nitrogens with zero attached hydrogens (tertiary/aromatic N) is 1. The van der Waals surface area contributed by atoms with Gasteiger partial charge >= 0.3 is 7.12 Å². The van der Waals surface area contributed by atoms with E-state index in [1.165, 1.54) is 4.90 Å². The molecule has 2 fully saturated rings. The summed E-state index contributed by atoms with van der Waals surface area (Å²) in [5, 5.41) is 24.9. The lowest BCUT2D eigenvalue weighted by atomic mass is 9.54. The number of carbonyl (C=O) groups excluding carboxylic acids is 2. The van der Waals surface area contributed by atoms with Crippen LogP contribution in [0.3, 0.4) is 0 Å². The van der Waals surface area contributed by atoms with E-state index < -0.39 is 25.1 Å². The minimum absolute atomic E-state index is 0.176. The van der Waals surface area contributed by atoms with E-state index in [2.05, 4.69) is 12.2 Å². The second-order valence-electron chi connectivity index (χ2n) is 11.5. The van der Waals surface area contributed by atoms with E-state index in [1.807, 2.05) is 80.6 Å². The Bertz CT molecular complexity index is 1500. The Kier molecular flexibility index (Phi) is 7.22. The third-order valence-corrected chi connectivity index (χ3v) is 8.84. The first-order valence-electron chi connectivity index (χ1n) is 14.4. The predicted molar refractivity (Wildman–Crippen MR) is 160 cm³/mol. The zero-order valence-electron chi connectivity index (χ0n) is 23.6. The molecule has 0 bridgehead atoms. The molecule has 0 aromatic heterocycles. The summed E-state index contributed by atoms with van der Waals surface area (Å²) in [4.78, 5) is 29.3. The average Bonchev–Trinajstić information content (AvgIpc) is 3.21. The number of rotatable bonds is 6. The Balaban J connectivity index is 1.31. The van der Waals surface area contributed by atoms with Gasteiger partial charge in [-0.3, -0.25) is 14.5 Å². The van der Waals surface area contributed by atoms with Crippen molar-refractivity contribution in [3.8, 4) is 5.75 Å². The molecule has 0 saturated carbocycles. The average molecular weight is 550 g/mol. The highest BCUT2D eigenvalue weighted by atomic mass is 16.5. The fourth-order valence-electron chi connectivity index (χ4n) is 6.98. The van der Waals surface area contributed by atoms with Crippen molar-refractivity contribution in [3.63, 3.8) is 0 Å². The van der Waals surface area contributed by atoms with Gasteiger partial charge in [-0.2, -0.15) is 0 Å². The number of hydrogen-bond acceptors (Lipinski definition) is 6. The molecular formula is C33H35BN2O5. The molecule has 3 aliphatic rings. The molecule has 0 unspecified atom stereocenters. The van der Waals surface area contributed by atoms with Gasteiger partial charge in [0, 0.05) is 11.4 Å². The summed E-state index contributed by atoms with van der Waals surface area (Å²) in [7, 11) is -1.14. The zero-order chi connectivity index (χ0) is 28.8. The fourth-order valence-corrected chi connectivity index (χ4v) is 6.98. The number of carbonyl (C=O) groups is 2. The molecule has 0 spiro atoms. The highest BCUT2D eigenvalue weighted by molar-refractivity contribution is 6.53. The first-order chi connectivity index (χ1) is 19.8. The Labute approximate surface area is 241 Å². The van der Waals surface area contributed by atoms with Crippen molar-refractivity contribution in [2.24, 2.45) is 17.8 Å². The van der Waals surface area contributed by atoms with Crippen LogP contribution in [0.4, 0.5) is 17.1 Å². The van der Waals surface area contributed by atoms with Crippen LogP contribution in [-0.4, -0.2) is 29.1 Å². The van der Waals surface area contributed by atoms with Gasteiger partial charge in [0.1, 0.15) is 5.75 Å². The third-order valence-electron chi connectivity index (χ3n) is 8.84. The number of allylic oxidation sites excluding steroid dienone is 2. The van der Waals surface area contributed by atoms with E-state index in [0.717, 1.165) is 52.0 Å². The standard InChI is InChI=1S/C33H35BN2O5/c1-4-8-21-17-27-29(26-18-28(41-34(40)30(21)26)22-15-19(2)31(37)20(3)16-22)33(39)36(32(27)38)25-13-11-24(12-14-25)35-23-9-6-5-7-10-23/h5-7,9-16,26-29,35,37,40H,4,8,17-18H2,1-3H3/t26-,27-,28-,29+/m0/s1. The van der Waals surface area contributed by atoms with Crippen LogP contribution in [0.2, 0.25) is 0 Å². The number of aromatic hydroxyl groups is 1. The van der Waals surface area contributed by atoms with Crippen molar-refractivity contribution in [2.45, 2.75) is 52.6 Å². The van der Waals surface area contributed by atoms with Gasteiger partial charge in [0.2, 0.25) is 11.8 Å². The molecular weight excluding hydrogens is 515 g/mol. The topological polar surface area (TPSA) is 99.1 Å². The van der Waals surface area contributed by atoms with Gasteiger partial charge in [0.05, 0.1) is 23.6 Å². The molecule has 8 heteroatoms. The second kappa shape index (κ2) is 10.8. The summed E-state index contributed by atoms with van der Waals surface area (Å²) >= 11 is 0. The molecule has 4 atom stereocenters. The largest absolute Gasteiger partial charge is 0.507 e. The molecule has 2 saturated heterocycles. The highest BCUT2D eigenvalue weighted by Gasteiger charge is 2.58. The van der Waals surface area contributed by atoms with E-state index in [4.69, 9.17) is 4.65 Å². The monoisotopic (exact) mass is 550 g/mol. The maximum absolute atomic E-state index is 14.1. The minimum atomic E-state index is -1.14. The molecule has 0 radical (unpaired) electrons. The molecule has 7 nitrogen and oxygen atoms in total. The van der Waals surface area contributed by atoms with Crippen molar-refractivity contribution in [1.29, 1.82) is 0 Å². The number of phenolic OH excluding ortho intramolecular Hbond substituents is 1. The maximum atomic E-state index is 14.1. The summed E-state index contributed by atoms with van der Waals surface area (Å²) in [5.41, 5.74) is 6.50. The summed E-state index contributed by atoms with van der Waals surface area (Å²) in [6, 6.07) is 20.9. The first kappa shape index (κ1) is 27.3. The number of phenols is 1. The molecule has 210 valence electrons. The summed E-state index contributed by atoms with van der Waals surface area (Å²) in [5.74, 6) is -1.47. The van der Waals surface area contributed by atoms with Crippen molar-refractivity contribution >= 4 is 36.0 Å². The van der Waals surface area contributed by atoms with Gasteiger partial charge in [-0.05, 0) is 110 Å². The number of para-hydroxylation sites is 1. The first-order valence-corrected chi connectivity index (χ1v) is 14.4. The molecule has 6 rings (SSSR count). The van der Waals surface area contributed by atoms with Crippen molar-refractivity contribution in [1.82, 2.24) is 0 Å². The minimum Gasteiger partial charge on any atom is -0.507 e. The van der Waals surface area contributed by atoms with Crippen molar-refractivity contribution in [2.75, 3.05) is 10.2 Å². The fraction of sp³-hybridized carbons (Fsp3) is 0.333. The Morgan fingerprint density at radius 2 is 1.61 bits per heavy atom. The molecule has 2 heterocycles. The zero-order valence-corrected chi connectivity index (χ0v) is 23.6. The third kappa shape index (κ3) is 4.85. The summed E-state index contributed by atoms with van der Waals surface area (Å²) in [6.45, 7) is 5.75. The van der Waals surface area contributed by atoms with Crippen LogP contribution >= 0.6 is 0 Å². The second-order valence-corrected chi connectivity index (χ2v) is 11.5. The molecule has 1 aliphatic carbocycles. The maximum Gasteiger partial charge on any atom is 0.487 e. The van der Waals surface area contributed by atoms with Crippen LogP contribution in [0.25, 0.3) is 0 Å². The van der Waals surface area contributed by atoms with Crippen molar-refractivity contribution < 1.29 is 24.4 Å². The number of hydrogen-bond donors (Lipinski definition) is 3. The number of imide groups is 1. The lowest BCUT2D eigenvalue weighted by molar-refractivity contribution is -0.123. The van der Waals surface area contributed by atoms with E-state index in [1.54, 1.807) is 0 Å². The van der Waals surface area contributed by atoms with E-state index in [-0.39, 0.29) is 23.5 Å². The van der Waals surface area contributed by atoms with Crippen LogP contribution in [0.1, 0.15) is 55.4 Å². The quantitative estimate of drug-likeness (QED) is 0.251. The van der Waals surface area contributed by atoms with Crippen molar-refractivity contribution in [3.05, 3.63) is 94.5 Å². The summed E-state index contributed by atoms with van der Waals surface area (Å²) in [6.07, 6.45) is 2.10. The molecule has 2 aliphatic heterocycles. The number of nitrogens with one attached hydrogen (secondary N) is 1. The number of fused-ring (bicyclic) bond motifs is 3. The van der Waals surface area contributed by atoms with E-state index >= 15 is 0 Å². The number of anilines is 3. The van der Waals surface area contributed by atoms with Gasteiger partial charge in [0.15, 0.2) is 0 Å². The lowest BCUT2D eigenvalue weighted by Crippen LogP contribution is -2.45. The predicted octanol–water partition coefficient (Wildman–Crippen LogP) is 6.16. The molecule has 3 aromatic rings. The number of amides is 2. The van der Waals surface area contributed by atoms with E-state index in [9.17, 15) is 19.7 Å². The normalized spacial score (nSPS) is 24.0. The van der Waals surface area contributed by atoms with Crippen LogP contribution < -0.4 is 10.2 Å². The molecule has 2 amide bonds. The van der Waals surface area contributed by atoms with Gasteiger partial charge in [-0.25, -0.2) is 0 Å². The summed E-state index contributed by atoms with van der Waals surface area (Å²) < 4.78 is 6.15. The molecule has 3 N–H and O–H groups in total. The van der Waals surface area contributed by atoms with Gasteiger partial charge < -0.3 is 20.1 Å². The Morgan fingerprint density at radius 3 is 2.27 bits per heavy atom. The molecule has 3 aromatic carbocycles. The van der Waals surface area contributed by atoms with Gasteiger partial charge in [-0.15, -0.1) is 0 Å². The van der Waals surface area contributed by atoms with Gasteiger partial charge in [-0.1, -0.05) is 37.1 Å². The van der Waals surface area contributed by atoms with Crippen LogP contribution in [-0.2, 0) is 14.2 Å². The Morgan fingerprint density at radius 1 is 0.951 bits per heavy atom. The van der Waals surface area contributed by atoms with Gasteiger partial charge in [0.25, 0.3) is 0 Å². The van der Waals surface area contributed by atoms with Crippen LogP contribution in [0, 0.1) is 31.6 Å². The highest BCUT2D eigenvalue weighted by Crippen LogP contribution is 2.53. The Hall–Kier alpha value is -3.88.